The average Bonchev–Trinajstić information content (AvgIpc) is 2.96. The van der Waals surface area contributed by atoms with E-state index in [1.165, 1.54) is 4.88 Å². The van der Waals surface area contributed by atoms with Gasteiger partial charge in [-0.15, -0.1) is 11.3 Å². The van der Waals surface area contributed by atoms with E-state index in [-0.39, 0.29) is 0 Å². The lowest BCUT2D eigenvalue weighted by molar-refractivity contribution is 0.355. The minimum Gasteiger partial charge on any atom is -0.493 e. The van der Waals surface area contributed by atoms with Gasteiger partial charge in [0, 0.05) is 33.5 Å². The van der Waals surface area contributed by atoms with Crippen LogP contribution in [0.4, 0.5) is 5.69 Å². The zero-order chi connectivity index (χ0) is 15.9. The maximum Gasteiger partial charge on any atom is 0.195 e. The number of guanidine groups is 1. The van der Waals surface area contributed by atoms with Crippen molar-refractivity contribution >= 4 is 38.9 Å². The maximum atomic E-state index is 5.30. The minimum atomic E-state index is 0.671. The summed E-state index contributed by atoms with van der Waals surface area (Å²) >= 11 is 5.14. The van der Waals surface area contributed by atoms with Gasteiger partial charge < -0.3 is 20.1 Å². The van der Waals surface area contributed by atoms with Gasteiger partial charge in [-0.2, -0.15) is 0 Å². The summed E-state index contributed by atoms with van der Waals surface area (Å²) in [4.78, 5) is 5.44. The predicted molar refractivity (Wildman–Crippen MR) is 95.4 cm³/mol. The van der Waals surface area contributed by atoms with Crippen molar-refractivity contribution in [2.75, 3.05) is 26.6 Å². The molecular weight excluding hydrogens is 366 g/mol. The zero-order valence-corrected chi connectivity index (χ0v) is 15.0. The van der Waals surface area contributed by atoms with Crippen molar-refractivity contribution in [2.24, 2.45) is 4.99 Å². The van der Waals surface area contributed by atoms with Crippen molar-refractivity contribution in [3.63, 3.8) is 0 Å². The molecule has 118 valence electrons. The molecule has 0 aliphatic carbocycles. The van der Waals surface area contributed by atoms with Gasteiger partial charge in [0.1, 0.15) is 0 Å². The lowest BCUT2D eigenvalue weighted by Gasteiger charge is -2.13. The van der Waals surface area contributed by atoms with Gasteiger partial charge in [-0.3, -0.25) is 4.99 Å². The van der Waals surface area contributed by atoms with Crippen LogP contribution in [0.15, 0.2) is 39.1 Å². The Morgan fingerprint density at radius 2 is 2.00 bits per heavy atom. The first-order chi connectivity index (χ1) is 10.7. The first-order valence-corrected chi connectivity index (χ1v) is 8.26. The van der Waals surface area contributed by atoms with Crippen LogP contribution in [0.2, 0.25) is 0 Å². The first-order valence-electron chi connectivity index (χ1n) is 6.59. The highest BCUT2D eigenvalue weighted by Gasteiger charge is 2.06. The minimum absolute atomic E-state index is 0.671. The van der Waals surface area contributed by atoms with Crippen molar-refractivity contribution in [3.05, 3.63) is 39.0 Å². The molecule has 0 radical (unpaired) electrons. The molecule has 0 bridgehead atoms. The molecule has 2 rings (SSSR count). The lowest BCUT2D eigenvalue weighted by atomic mass is 10.3. The van der Waals surface area contributed by atoms with Crippen molar-refractivity contribution in [1.82, 2.24) is 5.32 Å². The first kappa shape index (κ1) is 16.6. The molecule has 0 aliphatic rings. The number of methoxy groups -OCH3 is 2. The second-order valence-corrected chi connectivity index (χ2v) is 6.26. The molecule has 0 saturated carbocycles. The van der Waals surface area contributed by atoms with Crippen LogP contribution in [0.3, 0.4) is 0 Å². The van der Waals surface area contributed by atoms with E-state index in [4.69, 9.17) is 9.47 Å². The largest absolute Gasteiger partial charge is 0.493 e. The number of benzene rings is 1. The van der Waals surface area contributed by atoms with Gasteiger partial charge in [-0.05, 0) is 34.1 Å². The predicted octanol–water partition coefficient (Wildman–Crippen LogP) is 3.72. The summed E-state index contributed by atoms with van der Waals surface area (Å²) in [5.74, 6) is 2.06. The molecule has 1 aromatic heterocycles. The topological polar surface area (TPSA) is 54.9 Å². The number of nitrogens with one attached hydrogen (secondary N) is 2. The van der Waals surface area contributed by atoms with E-state index >= 15 is 0 Å². The van der Waals surface area contributed by atoms with Crippen LogP contribution in [0.5, 0.6) is 11.5 Å². The molecule has 0 unspecified atom stereocenters. The van der Waals surface area contributed by atoms with E-state index in [2.05, 4.69) is 43.0 Å². The van der Waals surface area contributed by atoms with Crippen LogP contribution in [0.1, 0.15) is 4.88 Å². The SMILES string of the molecule is CN=C(NCc1cc(Br)cs1)Nc1ccc(OC)c(OC)c1. The molecule has 1 heterocycles. The molecule has 0 amide bonds. The molecule has 1 aromatic carbocycles. The summed E-state index contributed by atoms with van der Waals surface area (Å²) in [6.07, 6.45) is 0. The van der Waals surface area contributed by atoms with E-state index in [0.717, 1.165) is 10.2 Å². The second-order valence-electron chi connectivity index (χ2n) is 4.35. The molecule has 5 nitrogen and oxygen atoms in total. The number of aliphatic imine (C=N–C) groups is 1. The number of hydrogen-bond donors (Lipinski definition) is 2. The highest BCUT2D eigenvalue weighted by molar-refractivity contribution is 9.10. The van der Waals surface area contributed by atoms with Crippen LogP contribution in [0.25, 0.3) is 0 Å². The summed E-state index contributed by atoms with van der Waals surface area (Å²) in [5, 5.41) is 8.56. The quantitative estimate of drug-likeness (QED) is 0.610. The Bertz CT molecular complexity index is 658. The van der Waals surface area contributed by atoms with Gasteiger partial charge in [-0.1, -0.05) is 0 Å². The van der Waals surface area contributed by atoms with Crippen LogP contribution < -0.4 is 20.1 Å². The molecule has 0 spiro atoms. The molecule has 0 atom stereocenters. The number of rotatable bonds is 5. The summed E-state index contributed by atoms with van der Waals surface area (Å²) < 4.78 is 11.6. The molecule has 7 heteroatoms. The standard InChI is InChI=1S/C15H18BrN3O2S/c1-17-15(18-8-12-6-10(16)9-22-12)19-11-4-5-13(20-2)14(7-11)21-3/h4-7,9H,8H2,1-3H3,(H2,17,18,19). The smallest absolute Gasteiger partial charge is 0.195 e. The number of ether oxygens (including phenoxy) is 2. The third-order valence-corrected chi connectivity index (χ3v) is 4.62. The summed E-state index contributed by atoms with van der Waals surface area (Å²) in [6.45, 7) is 0.712. The fraction of sp³-hybridized carbons (Fsp3) is 0.267. The Labute approximate surface area is 142 Å². The summed E-state index contributed by atoms with van der Waals surface area (Å²) in [5.41, 5.74) is 0.873. The van der Waals surface area contributed by atoms with Crippen molar-refractivity contribution in [2.45, 2.75) is 6.54 Å². The average molecular weight is 384 g/mol. The van der Waals surface area contributed by atoms with Gasteiger partial charge in [0.05, 0.1) is 20.8 Å². The summed E-state index contributed by atoms with van der Waals surface area (Å²) in [7, 11) is 4.97. The van der Waals surface area contributed by atoms with Crippen LogP contribution >= 0.6 is 27.3 Å². The normalized spacial score (nSPS) is 11.2. The molecular formula is C15H18BrN3O2S. The van der Waals surface area contributed by atoms with Crippen LogP contribution in [-0.2, 0) is 6.54 Å². The molecule has 22 heavy (non-hydrogen) atoms. The molecule has 0 saturated heterocycles. The van der Waals surface area contributed by atoms with Crippen molar-refractivity contribution in [1.29, 1.82) is 0 Å². The Hall–Kier alpha value is -1.73. The third-order valence-electron chi connectivity index (χ3n) is 2.92. The number of thiophene rings is 1. The van der Waals surface area contributed by atoms with E-state index in [0.29, 0.717) is 24.0 Å². The van der Waals surface area contributed by atoms with Crippen molar-refractivity contribution < 1.29 is 9.47 Å². The fourth-order valence-corrected chi connectivity index (χ4v) is 3.24. The van der Waals surface area contributed by atoms with E-state index in [1.807, 2.05) is 18.2 Å². The Kier molecular flexibility index (Phi) is 6.09. The number of nitrogens with zero attached hydrogens (tertiary/aromatic N) is 1. The van der Waals surface area contributed by atoms with E-state index < -0.39 is 0 Å². The zero-order valence-electron chi connectivity index (χ0n) is 12.6. The second kappa shape index (κ2) is 8.05. The number of hydrogen-bond acceptors (Lipinski definition) is 4. The molecule has 0 fully saturated rings. The molecule has 2 N–H and O–H groups in total. The summed E-state index contributed by atoms with van der Waals surface area (Å²) in [6, 6.07) is 7.72. The number of anilines is 1. The number of halogens is 1. The Morgan fingerprint density at radius 3 is 2.59 bits per heavy atom. The highest BCUT2D eigenvalue weighted by atomic mass is 79.9. The maximum absolute atomic E-state index is 5.30. The van der Waals surface area contributed by atoms with Crippen LogP contribution in [0, 0.1) is 0 Å². The van der Waals surface area contributed by atoms with E-state index in [9.17, 15) is 0 Å². The monoisotopic (exact) mass is 383 g/mol. The highest BCUT2D eigenvalue weighted by Crippen LogP contribution is 2.29. The van der Waals surface area contributed by atoms with Gasteiger partial charge in [0.25, 0.3) is 0 Å². The molecule has 0 aliphatic heterocycles. The lowest BCUT2D eigenvalue weighted by Crippen LogP contribution is -2.29. The Morgan fingerprint density at radius 1 is 1.23 bits per heavy atom. The van der Waals surface area contributed by atoms with Gasteiger partial charge in [-0.25, -0.2) is 0 Å². The third kappa shape index (κ3) is 4.38. The van der Waals surface area contributed by atoms with Crippen molar-refractivity contribution in [3.8, 4) is 11.5 Å². The van der Waals surface area contributed by atoms with Gasteiger partial charge >= 0.3 is 0 Å². The molecule has 2 aromatic rings. The van der Waals surface area contributed by atoms with Gasteiger partial charge in [0.15, 0.2) is 17.5 Å². The fourth-order valence-electron chi connectivity index (χ4n) is 1.85. The van der Waals surface area contributed by atoms with E-state index in [1.54, 1.807) is 32.6 Å². The Balaban J connectivity index is 2.01. The van der Waals surface area contributed by atoms with Gasteiger partial charge in [0.2, 0.25) is 0 Å². The van der Waals surface area contributed by atoms with Crippen LogP contribution in [-0.4, -0.2) is 27.2 Å².